The van der Waals surface area contributed by atoms with Gasteiger partial charge in [-0.3, -0.25) is 4.98 Å². The molecule has 0 bridgehead atoms. The number of rotatable bonds is 6. The maximum absolute atomic E-state index is 5.43. The lowest BCUT2D eigenvalue weighted by Gasteiger charge is -2.18. The van der Waals surface area contributed by atoms with Gasteiger partial charge in [0, 0.05) is 30.7 Å². The highest BCUT2D eigenvalue weighted by Gasteiger charge is 2.13. The van der Waals surface area contributed by atoms with Crippen LogP contribution in [0.2, 0.25) is 0 Å². The summed E-state index contributed by atoms with van der Waals surface area (Å²) in [5.41, 5.74) is 3.60. The molecular formula is C22H21N5O2. The largest absolute Gasteiger partial charge is 0.497 e. The van der Waals surface area contributed by atoms with Crippen molar-refractivity contribution in [3.05, 3.63) is 66.5 Å². The summed E-state index contributed by atoms with van der Waals surface area (Å²) in [6.45, 7) is 0.607. The lowest BCUT2D eigenvalue weighted by molar-refractivity contribution is 0.415. The lowest BCUT2D eigenvalue weighted by atomic mass is 10.1. The first-order chi connectivity index (χ1) is 14.2. The average molecular weight is 387 g/mol. The van der Waals surface area contributed by atoms with E-state index >= 15 is 0 Å². The summed E-state index contributed by atoms with van der Waals surface area (Å²) in [6.07, 6.45) is 3.42. The number of benzene rings is 2. The molecule has 0 saturated heterocycles. The van der Waals surface area contributed by atoms with Crippen LogP contribution in [0.5, 0.6) is 11.5 Å². The van der Waals surface area contributed by atoms with E-state index in [-0.39, 0.29) is 0 Å². The monoisotopic (exact) mass is 387 g/mol. The van der Waals surface area contributed by atoms with Crippen molar-refractivity contribution in [1.29, 1.82) is 0 Å². The zero-order valence-corrected chi connectivity index (χ0v) is 16.5. The van der Waals surface area contributed by atoms with E-state index in [9.17, 15) is 0 Å². The normalized spacial score (nSPS) is 10.7. The van der Waals surface area contributed by atoms with Crippen LogP contribution in [-0.2, 0) is 6.54 Å². The van der Waals surface area contributed by atoms with Gasteiger partial charge in [-0.25, -0.2) is 4.98 Å². The number of hydrogen-bond acceptors (Lipinski definition) is 7. The van der Waals surface area contributed by atoms with E-state index in [0.29, 0.717) is 12.5 Å². The Morgan fingerprint density at radius 2 is 1.90 bits per heavy atom. The van der Waals surface area contributed by atoms with E-state index in [1.165, 1.54) is 0 Å². The van der Waals surface area contributed by atoms with Gasteiger partial charge in [-0.1, -0.05) is 24.3 Å². The van der Waals surface area contributed by atoms with Gasteiger partial charge < -0.3 is 14.4 Å². The molecule has 29 heavy (non-hydrogen) atoms. The van der Waals surface area contributed by atoms with Gasteiger partial charge in [0.25, 0.3) is 0 Å². The molecule has 0 N–H and O–H groups in total. The first-order valence-electron chi connectivity index (χ1n) is 9.15. The minimum atomic E-state index is 0.540. The molecule has 2 aromatic carbocycles. The molecule has 0 aliphatic heterocycles. The molecule has 2 heterocycles. The van der Waals surface area contributed by atoms with Crippen molar-refractivity contribution in [2.45, 2.75) is 6.54 Å². The summed E-state index contributed by atoms with van der Waals surface area (Å²) >= 11 is 0. The molecule has 0 amide bonds. The van der Waals surface area contributed by atoms with E-state index in [2.05, 4.69) is 20.2 Å². The Balaban J connectivity index is 1.64. The van der Waals surface area contributed by atoms with Crippen molar-refractivity contribution < 1.29 is 9.47 Å². The summed E-state index contributed by atoms with van der Waals surface area (Å²) in [7, 11) is 5.24. The zero-order valence-electron chi connectivity index (χ0n) is 16.5. The van der Waals surface area contributed by atoms with Gasteiger partial charge in [0.05, 0.1) is 26.1 Å². The second kappa shape index (κ2) is 8.10. The number of ether oxygens (including phenoxy) is 2. The lowest BCUT2D eigenvalue weighted by Crippen LogP contribution is -2.20. The first kappa shape index (κ1) is 18.6. The van der Waals surface area contributed by atoms with Crippen molar-refractivity contribution in [3.63, 3.8) is 0 Å². The number of fused-ring (bicyclic) bond motifs is 1. The molecule has 0 atom stereocenters. The molecule has 0 fully saturated rings. The molecule has 146 valence electrons. The van der Waals surface area contributed by atoms with E-state index < -0.39 is 0 Å². The van der Waals surface area contributed by atoms with Crippen LogP contribution in [0.3, 0.4) is 0 Å². The number of hydrogen-bond donors (Lipinski definition) is 0. The van der Waals surface area contributed by atoms with Gasteiger partial charge in [0.2, 0.25) is 5.95 Å². The van der Waals surface area contributed by atoms with Crippen LogP contribution in [0, 0.1) is 0 Å². The molecule has 0 unspecified atom stereocenters. The van der Waals surface area contributed by atoms with Crippen LogP contribution >= 0.6 is 0 Å². The van der Waals surface area contributed by atoms with Crippen molar-refractivity contribution in [1.82, 2.24) is 20.2 Å². The maximum atomic E-state index is 5.43. The van der Waals surface area contributed by atoms with Gasteiger partial charge in [0.1, 0.15) is 17.0 Å². The fourth-order valence-electron chi connectivity index (χ4n) is 3.21. The molecular weight excluding hydrogens is 366 g/mol. The van der Waals surface area contributed by atoms with Crippen LogP contribution in [0.4, 0.5) is 5.95 Å². The highest BCUT2D eigenvalue weighted by Crippen LogP contribution is 2.28. The molecule has 0 spiro atoms. The van der Waals surface area contributed by atoms with Crippen molar-refractivity contribution >= 4 is 16.9 Å². The van der Waals surface area contributed by atoms with Crippen LogP contribution in [-0.4, -0.2) is 41.4 Å². The standard InChI is InChI=1S/C22H21N5O2/c1-27(14-16-9-10-20(29-3)21-18(16)8-5-11-23-21)22-25-19(13-24-26-22)15-6-4-7-17(12-15)28-2/h4-13H,14H2,1-3H3. The van der Waals surface area contributed by atoms with E-state index in [1.54, 1.807) is 26.6 Å². The van der Waals surface area contributed by atoms with Crippen LogP contribution < -0.4 is 14.4 Å². The number of pyridine rings is 1. The highest BCUT2D eigenvalue weighted by atomic mass is 16.5. The molecule has 0 aliphatic rings. The summed E-state index contributed by atoms with van der Waals surface area (Å²) < 4.78 is 10.7. The highest BCUT2D eigenvalue weighted by molar-refractivity contribution is 5.87. The van der Waals surface area contributed by atoms with Gasteiger partial charge >= 0.3 is 0 Å². The van der Waals surface area contributed by atoms with Crippen molar-refractivity contribution in [3.8, 4) is 22.8 Å². The molecule has 0 radical (unpaired) electrons. The van der Waals surface area contributed by atoms with Gasteiger partial charge in [-0.15, -0.1) is 5.10 Å². The Bertz CT molecular complexity index is 1150. The third-order valence-corrected chi connectivity index (χ3v) is 4.70. The van der Waals surface area contributed by atoms with E-state index in [1.807, 2.05) is 60.5 Å². The molecule has 7 heteroatoms. The maximum Gasteiger partial charge on any atom is 0.245 e. The minimum absolute atomic E-state index is 0.540. The second-order valence-corrected chi connectivity index (χ2v) is 6.56. The SMILES string of the molecule is COc1cccc(-c2cnnc(N(C)Cc3ccc(OC)c4ncccc34)n2)c1. The predicted molar refractivity (Wildman–Crippen MR) is 112 cm³/mol. The molecule has 0 aliphatic carbocycles. The Morgan fingerprint density at radius 3 is 2.72 bits per heavy atom. The number of anilines is 1. The third kappa shape index (κ3) is 3.80. The topological polar surface area (TPSA) is 73.3 Å². The van der Waals surface area contributed by atoms with E-state index in [4.69, 9.17) is 9.47 Å². The molecule has 2 aromatic heterocycles. The molecule has 4 aromatic rings. The molecule has 0 saturated carbocycles. The summed E-state index contributed by atoms with van der Waals surface area (Å²) in [5.74, 6) is 2.07. The predicted octanol–water partition coefficient (Wildman–Crippen LogP) is 3.74. The third-order valence-electron chi connectivity index (χ3n) is 4.70. The molecule has 4 rings (SSSR count). The Labute approximate surface area is 169 Å². The van der Waals surface area contributed by atoms with Crippen LogP contribution in [0.15, 0.2) is 60.9 Å². The number of aromatic nitrogens is 4. The first-order valence-corrected chi connectivity index (χ1v) is 9.15. The van der Waals surface area contributed by atoms with Gasteiger partial charge in [0.15, 0.2) is 0 Å². The molecule has 7 nitrogen and oxygen atoms in total. The number of nitrogens with zero attached hydrogens (tertiary/aromatic N) is 5. The Hall–Kier alpha value is -3.74. The van der Waals surface area contributed by atoms with Crippen molar-refractivity contribution in [2.75, 3.05) is 26.2 Å². The number of methoxy groups -OCH3 is 2. The fourth-order valence-corrected chi connectivity index (χ4v) is 3.21. The summed E-state index contributed by atoms with van der Waals surface area (Å²) in [6, 6.07) is 15.7. The van der Waals surface area contributed by atoms with Crippen LogP contribution in [0.25, 0.3) is 22.2 Å². The summed E-state index contributed by atoms with van der Waals surface area (Å²) in [5, 5.41) is 9.39. The average Bonchev–Trinajstić information content (AvgIpc) is 2.79. The quantitative estimate of drug-likeness (QED) is 0.499. The minimum Gasteiger partial charge on any atom is -0.497 e. The Morgan fingerprint density at radius 1 is 1.00 bits per heavy atom. The van der Waals surface area contributed by atoms with Gasteiger partial charge in [-0.05, 0) is 29.8 Å². The smallest absolute Gasteiger partial charge is 0.245 e. The van der Waals surface area contributed by atoms with Crippen LogP contribution in [0.1, 0.15) is 5.56 Å². The van der Waals surface area contributed by atoms with Crippen molar-refractivity contribution in [2.24, 2.45) is 0 Å². The van der Waals surface area contributed by atoms with Gasteiger partial charge in [-0.2, -0.15) is 5.10 Å². The Kier molecular flexibility index (Phi) is 5.20. The zero-order chi connectivity index (χ0) is 20.2. The summed E-state index contributed by atoms with van der Waals surface area (Å²) in [4.78, 5) is 11.1. The second-order valence-electron chi connectivity index (χ2n) is 6.56. The van der Waals surface area contributed by atoms with E-state index in [0.717, 1.165) is 39.2 Å². The fraction of sp³-hybridized carbons (Fsp3) is 0.182.